The van der Waals surface area contributed by atoms with E-state index in [-0.39, 0.29) is 0 Å². The van der Waals surface area contributed by atoms with E-state index in [0.29, 0.717) is 6.61 Å². The highest BCUT2D eigenvalue weighted by Crippen LogP contribution is 2.00. The number of hydrogen-bond donors (Lipinski definition) is 0. The summed E-state index contributed by atoms with van der Waals surface area (Å²) in [6, 6.07) is 10.1. The lowest BCUT2D eigenvalue weighted by Gasteiger charge is -2.00. The van der Waals surface area contributed by atoms with Crippen molar-refractivity contribution in [2.24, 2.45) is 0 Å². The predicted octanol–water partition coefficient (Wildman–Crippen LogP) is 2.03. The zero-order valence-corrected chi connectivity index (χ0v) is 8.28. The van der Waals surface area contributed by atoms with Crippen molar-refractivity contribution >= 4 is 6.08 Å². The number of aromatic nitrogens is 2. The van der Waals surface area contributed by atoms with E-state index in [2.05, 4.69) is 4.98 Å². The standard InChI is InChI=1S/C12H12N2O/c1-2-5-12(6-3-1)7-4-10-15-14-9-8-13-11-14/h1-9,11H,10H2/b7-4-. The molecule has 0 amide bonds. The lowest BCUT2D eigenvalue weighted by Crippen LogP contribution is -2.08. The van der Waals surface area contributed by atoms with Crippen LogP contribution >= 0.6 is 0 Å². The number of hydrogen-bond acceptors (Lipinski definition) is 2. The van der Waals surface area contributed by atoms with Gasteiger partial charge in [0.2, 0.25) is 0 Å². The minimum absolute atomic E-state index is 0.533. The monoisotopic (exact) mass is 200 g/mol. The van der Waals surface area contributed by atoms with Gasteiger partial charge < -0.3 is 4.84 Å². The second kappa shape index (κ2) is 5.00. The van der Waals surface area contributed by atoms with Crippen molar-refractivity contribution in [3.05, 3.63) is 60.7 Å². The Balaban J connectivity index is 1.81. The van der Waals surface area contributed by atoms with Crippen LogP contribution in [-0.4, -0.2) is 16.3 Å². The zero-order chi connectivity index (χ0) is 10.3. The van der Waals surface area contributed by atoms with Gasteiger partial charge in [0.25, 0.3) is 0 Å². The van der Waals surface area contributed by atoms with Crippen molar-refractivity contribution in [2.45, 2.75) is 0 Å². The Hall–Kier alpha value is -2.03. The molecule has 0 atom stereocenters. The normalized spacial score (nSPS) is 10.7. The first kappa shape index (κ1) is 9.52. The molecule has 0 fully saturated rings. The van der Waals surface area contributed by atoms with E-state index in [4.69, 9.17) is 4.84 Å². The Labute approximate surface area is 88.6 Å². The maximum Gasteiger partial charge on any atom is 0.133 e. The smallest absolute Gasteiger partial charge is 0.133 e. The van der Waals surface area contributed by atoms with E-state index in [1.54, 1.807) is 23.5 Å². The molecule has 0 N–H and O–H groups in total. The Morgan fingerprint density at radius 1 is 1.27 bits per heavy atom. The van der Waals surface area contributed by atoms with Crippen LogP contribution in [0, 0.1) is 0 Å². The highest BCUT2D eigenvalue weighted by molar-refractivity contribution is 5.48. The summed E-state index contributed by atoms with van der Waals surface area (Å²) in [5.41, 5.74) is 1.17. The molecule has 3 nitrogen and oxygen atoms in total. The number of rotatable bonds is 4. The van der Waals surface area contributed by atoms with Crippen LogP contribution in [0.2, 0.25) is 0 Å². The Morgan fingerprint density at radius 2 is 2.13 bits per heavy atom. The van der Waals surface area contributed by atoms with Gasteiger partial charge >= 0.3 is 0 Å². The molecule has 0 radical (unpaired) electrons. The number of nitrogens with zero attached hydrogens (tertiary/aromatic N) is 2. The first-order valence-electron chi connectivity index (χ1n) is 4.78. The van der Waals surface area contributed by atoms with E-state index in [1.807, 2.05) is 42.5 Å². The third-order valence-corrected chi connectivity index (χ3v) is 1.91. The molecule has 0 saturated heterocycles. The van der Waals surface area contributed by atoms with Crippen LogP contribution < -0.4 is 4.84 Å². The summed E-state index contributed by atoms with van der Waals surface area (Å²) in [4.78, 5) is 9.21. The summed E-state index contributed by atoms with van der Waals surface area (Å²) in [6.07, 6.45) is 9.06. The average Bonchev–Trinajstić information content (AvgIpc) is 2.79. The molecule has 0 aliphatic carbocycles. The highest BCUT2D eigenvalue weighted by Gasteiger charge is 1.86. The Kier molecular flexibility index (Phi) is 3.18. The van der Waals surface area contributed by atoms with Crippen LogP contribution in [0.5, 0.6) is 0 Å². The van der Waals surface area contributed by atoms with Crippen LogP contribution in [-0.2, 0) is 0 Å². The largest absolute Gasteiger partial charge is 0.409 e. The van der Waals surface area contributed by atoms with Crippen molar-refractivity contribution < 1.29 is 4.84 Å². The fourth-order valence-electron chi connectivity index (χ4n) is 1.20. The van der Waals surface area contributed by atoms with Gasteiger partial charge in [-0.05, 0) is 11.6 Å². The summed E-state index contributed by atoms with van der Waals surface area (Å²) in [7, 11) is 0. The second-order valence-electron chi connectivity index (χ2n) is 3.03. The summed E-state index contributed by atoms with van der Waals surface area (Å²) in [5.74, 6) is 0. The summed E-state index contributed by atoms with van der Waals surface area (Å²) in [6.45, 7) is 0.533. The molecule has 0 saturated carbocycles. The Morgan fingerprint density at radius 3 is 2.87 bits per heavy atom. The third-order valence-electron chi connectivity index (χ3n) is 1.91. The summed E-state index contributed by atoms with van der Waals surface area (Å²) >= 11 is 0. The third kappa shape index (κ3) is 2.98. The molecular weight excluding hydrogens is 188 g/mol. The van der Waals surface area contributed by atoms with Gasteiger partial charge in [0, 0.05) is 6.20 Å². The molecule has 76 valence electrons. The number of benzene rings is 1. The molecular formula is C12H12N2O. The lowest BCUT2D eigenvalue weighted by atomic mass is 10.2. The molecule has 15 heavy (non-hydrogen) atoms. The Bertz CT molecular complexity index is 406. The predicted molar refractivity (Wildman–Crippen MR) is 59.2 cm³/mol. The minimum Gasteiger partial charge on any atom is -0.409 e. The molecule has 0 aliphatic heterocycles. The maximum absolute atomic E-state index is 5.34. The van der Waals surface area contributed by atoms with E-state index in [9.17, 15) is 0 Å². The molecule has 0 bridgehead atoms. The fourth-order valence-corrected chi connectivity index (χ4v) is 1.20. The molecule has 2 aromatic rings. The van der Waals surface area contributed by atoms with Crippen molar-refractivity contribution in [3.8, 4) is 0 Å². The van der Waals surface area contributed by atoms with Gasteiger partial charge in [-0.25, -0.2) is 4.98 Å². The highest BCUT2D eigenvalue weighted by atomic mass is 16.7. The van der Waals surface area contributed by atoms with Crippen molar-refractivity contribution in [1.29, 1.82) is 0 Å². The first-order chi connectivity index (χ1) is 7.45. The fraction of sp³-hybridized carbons (Fsp3) is 0.0833. The maximum atomic E-state index is 5.34. The van der Waals surface area contributed by atoms with Gasteiger partial charge in [0.05, 0.1) is 6.20 Å². The van der Waals surface area contributed by atoms with Gasteiger partial charge in [-0.1, -0.05) is 36.4 Å². The molecule has 3 heteroatoms. The van der Waals surface area contributed by atoms with Crippen LogP contribution in [0.25, 0.3) is 6.08 Å². The molecule has 0 aliphatic rings. The van der Waals surface area contributed by atoms with Gasteiger partial charge in [0.1, 0.15) is 12.9 Å². The lowest BCUT2D eigenvalue weighted by molar-refractivity contribution is 0.135. The molecule has 0 spiro atoms. The molecule has 0 unspecified atom stereocenters. The van der Waals surface area contributed by atoms with Crippen LogP contribution in [0.3, 0.4) is 0 Å². The second-order valence-corrected chi connectivity index (χ2v) is 3.03. The van der Waals surface area contributed by atoms with Crippen molar-refractivity contribution in [1.82, 2.24) is 9.71 Å². The molecule has 1 heterocycles. The average molecular weight is 200 g/mol. The van der Waals surface area contributed by atoms with Crippen LogP contribution in [0.4, 0.5) is 0 Å². The van der Waals surface area contributed by atoms with Gasteiger partial charge in [0.15, 0.2) is 0 Å². The summed E-state index contributed by atoms with van der Waals surface area (Å²) < 4.78 is 1.58. The van der Waals surface area contributed by atoms with Gasteiger partial charge in [-0.2, -0.15) is 4.73 Å². The zero-order valence-electron chi connectivity index (χ0n) is 8.28. The van der Waals surface area contributed by atoms with Gasteiger partial charge in [-0.15, -0.1) is 0 Å². The van der Waals surface area contributed by atoms with E-state index >= 15 is 0 Å². The van der Waals surface area contributed by atoms with Gasteiger partial charge in [-0.3, -0.25) is 0 Å². The SMILES string of the molecule is C(=C/c1ccccc1)/COn1ccnc1. The topological polar surface area (TPSA) is 27.1 Å². The first-order valence-corrected chi connectivity index (χ1v) is 4.78. The van der Waals surface area contributed by atoms with Crippen molar-refractivity contribution in [2.75, 3.05) is 6.61 Å². The number of imidazole rings is 1. The minimum atomic E-state index is 0.533. The summed E-state index contributed by atoms with van der Waals surface area (Å²) in [5, 5.41) is 0. The molecule has 1 aromatic heterocycles. The quantitative estimate of drug-likeness (QED) is 0.755. The van der Waals surface area contributed by atoms with E-state index in [0.717, 1.165) is 0 Å². The van der Waals surface area contributed by atoms with Crippen molar-refractivity contribution in [3.63, 3.8) is 0 Å². The molecule has 2 rings (SSSR count). The van der Waals surface area contributed by atoms with Crippen LogP contribution in [0.1, 0.15) is 5.56 Å². The van der Waals surface area contributed by atoms with E-state index in [1.165, 1.54) is 5.56 Å². The molecule has 1 aromatic carbocycles. The van der Waals surface area contributed by atoms with Crippen LogP contribution in [0.15, 0.2) is 55.1 Å². The van der Waals surface area contributed by atoms with E-state index < -0.39 is 0 Å².